The second kappa shape index (κ2) is 7.73. The number of nitrogens with one attached hydrogen (secondary N) is 1. The molecule has 134 valence electrons. The van der Waals surface area contributed by atoms with Gasteiger partial charge in [0.1, 0.15) is 11.9 Å². The molecule has 3 heterocycles. The van der Waals surface area contributed by atoms with Crippen molar-refractivity contribution in [1.82, 2.24) is 29.6 Å². The Hall–Kier alpha value is -3.29. The van der Waals surface area contributed by atoms with Crippen molar-refractivity contribution in [3.63, 3.8) is 0 Å². The van der Waals surface area contributed by atoms with E-state index in [0.29, 0.717) is 18.8 Å². The highest BCUT2D eigenvalue weighted by molar-refractivity contribution is 5.79. The van der Waals surface area contributed by atoms with E-state index in [1.165, 1.54) is 10.7 Å². The SMILES string of the molecule is Cc1nccn1CCNC(=O)C(C)n1nc(-c2cccnc2)ccc1=O. The van der Waals surface area contributed by atoms with Crippen molar-refractivity contribution < 1.29 is 4.79 Å². The maximum Gasteiger partial charge on any atom is 0.267 e. The molecule has 3 aromatic heterocycles. The van der Waals surface area contributed by atoms with E-state index in [1.54, 1.807) is 37.6 Å². The number of imidazole rings is 1. The largest absolute Gasteiger partial charge is 0.352 e. The van der Waals surface area contributed by atoms with E-state index in [4.69, 9.17) is 0 Å². The van der Waals surface area contributed by atoms with Crippen LogP contribution in [-0.2, 0) is 11.3 Å². The number of aryl methyl sites for hydroxylation is 1. The van der Waals surface area contributed by atoms with E-state index in [2.05, 4.69) is 20.4 Å². The van der Waals surface area contributed by atoms with E-state index in [0.717, 1.165) is 11.4 Å². The van der Waals surface area contributed by atoms with Crippen LogP contribution in [0.4, 0.5) is 0 Å². The Balaban J connectivity index is 1.70. The summed E-state index contributed by atoms with van der Waals surface area (Å²) in [7, 11) is 0. The molecule has 3 aromatic rings. The van der Waals surface area contributed by atoms with Gasteiger partial charge >= 0.3 is 0 Å². The molecule has 3 rings (SSSR count). The van der Waals surface area contributed by atoms with Crippen LogP contribution in [-0.4, -0.2) is 36.8 Å². The first kappa shape index (κ1) is 17.5. The second-order valence-electron chi connectivity index (χ2n) is 5.88. The minimum absolute atomic E-state index is 0.263. The lowest BCUT2D eigenvalue weighted by Crippen LogP contribution is -2.38. The van der Waals surface area contributed by atoms with E-state index in [1.807, 2.05) is 23.8 Å². The fourth-order valence-corrected chi connectivity index (χ4v) is 2.57. The molecule has 8 heteroatoms. The highest BCUT2D eigenvalue weighted by atomic mass is 16.2. The zero-order valence-electron chi connectivity index (χ0n) is 14.7. The lowest BCUT2D eigenvalue weighted by Gasteiger charge is -2.15. The Labute approximate surface area is 150 Å². The summed E-state index contributed by atoms with van der Waals surface area (Å²) in [4.78, 5) is 32.7. The first-order valence-corrected chi connectivity index (χ1v) is 8.32. The van der Waals surface area contributed by atoms with Gasteiger partial charge in [-0.2, -0.15) is 5.10 Å². The van der Waals surface area contributed by atoms with Crippen molar-refractivity contribution in [2.24, 2.45) is 0 Å². The molecular weight excluding hydrogens is 332 g/mol. The van der Waals surface area contributed by atoms with Gasteiger partial charge in [0.2, 0.25) is 5.91 Å². The minimum atomic E-state index is -0.719. The molecule has 0 aliphatic heterocycles. The van der Waals surface area contributed by atoms with Crippen LogP contribution in [0, 0.1) is 6.92 Å². The molecule has 1 amide bonds. The zero-order chi connectivity index (χ0) is 18.5. The average molecular weight is 352 g/mol. The minimum Gasteiger partial charge on any atom is -0.352 e. The van der Waals surface area contributed by atoms with Crippen LogP contribution in [0.1, 0.15) is 18.8 Å². The number of hydrogen-bond acceptors (Lipinski definition) is 5. The number of rotatable bonds is 6. The van der Waals surface area contributed by atoms with Crippen molar-refractivity contribution in [2.45, 2.75) is 26.4 Å². The molecule has 26 heavy (non-hydrogen) atoms. The highest BCUT2D eigenvalue weighted by Crippen LogP contribution is 2.14. The third-order valence-electron chi connectivity index (χ3n) is 4.10. The fraction of sp³-hybridized carbons (Fsp3) is 0.278. The predicted molar refractivity (Wildman–Crippen MR) is 96.4 cm³/mol. The molecule has 0 fully saturated rings. The molecule has 1 N–H and O–H groups in total. The summed E-state index contributed by atoms with van der Waals surface area (Å²) in [6.07, 6.45) is 6.90. The summed E-state index contributed by atoms with van der Waals surface area (Å²) in [6.45, 7) is 4.61. The van der Waals surface area contributed by atoms with Crippen LogP contribution in [0.3, 0.4) is 0 Å². The van der Waals surface area contributed by atoms with Crippen LogP contribution >= 0.6 is 0 Å². The Morgan fingerprint density at radius 2 is 2.12 bits per heavy atom. The van der Waals surface area contributed by atoms with Gasteiger partial charge in [-0.05, 0) is 32.0 Å². The number of aromatic nitrogens is 5. The van der Waals surface area contributed by atoms with Gasteiger partial charge in [-0.1, -0.05) is 0 Å². The maximum atomic E-state index is 12.4. The Bertz CT molecular complexity index is 948. The number of carbonyl (C=O) groups is 1. The summed E-state index contributed by atoms with van der Waals surface area (Å²) in [6, 6.07) is 5.96. The Kier molecular flexibility index (Phi) is 5.21. The standard InChI is InChI=1S/C18H20N6O2/c1-13(18(26)21-9-11-23-10-8-20-14(23)2)24-17(25)6-5-16(22-24)15-4-3-7-19-12-15/h3-8,10,12-13H,9,11H2,1-2H3,(H,21,26). The molecule has 1 unspecified atom stereocenters. The molecule has 0 bridgehead atoms. The van der Waals surface area contributed by atoms with Crippen molar-refractivity contribution in [2.75, 3.05) is 6.54 Å². The van der Waals surface area contributed by atoms with Gasteiger partial charge in [0.05, 0.1) is 5.69 Å². The number of carbonyl (C=O) groups excluding carboxylic acids is 1. The molecule has 0 aliphatic carbocycles. The fourth-order valence-electron chi connectivity index (χ4n) is 2.57. The number of amides is 1. The van der Waals surface area contributed by atoms with Crippen LogP contribution in [0.25, 0.3) is 11.3 Å². The molecular formula is C18H20N6O2. The molecule has 0 aromatic carbocycles. The lowest BCUT2D eigenvalue weighted by atomic mass is 10.2. The van der Waals surface area contributed by atoms with Crippen LogP contribution < -0.4 is 10.9 Å². The topological polar surface area (TPSA) is 94.7 Å². The summed E-state index contributed by atoms with van der Waals surface area (Å²) >= 11 is 0. The molecule has 0 aliphatic rings. The highest BCUT2D eigenvalue weighted by Gasteiger charge is 2.17. The van der Waals surface area contributed by atoms with Crippen molar-refractivity contribution >= 4 is 5.91 Å². The molecule has 8 nitrogen and oxygen atoms in total. The summed E-state index contributed by atoms with van der Waals surface area (Å²) < 4.78 is 3.14. The molecule has 0 spiro atoms. The van der Waals surface area contributed by atoms with E-state index in [-0.39, 0.29) is 11.5 Å². The summed E-state index contributed by atoms with van der Waals surface area (Å²) in [5.74, 6) is 0.620. The van der Waals surface area contributed by atoms with Crippen molar-refractivity contribution in [1.29, 1.82) is 0 Å². The van der Waals surface area contributed by atoms with Gasteiger partial charge in [0.15, 0.2) is 0 Å². The second-order valence-corrected chi connectivity index (χ2v) is 5.88. The predicted octanol–water partition coefficient (Wildman–Crippen LogP) is 1.19. The number of hydrogen-bond donors (Lipinski definition) is 1. The van der Waals surface area contributed by atoms with Gasteiger partial charge < -0.3 is 9.88 Å². The van der Waals surface area contributed by atoms with E-state index in [9.17, 15) is 9.59 Å². The summed E-state index contributed by atoms with van der Waals surface area (Å²) in [5, 5.41) is 7.16. The molecule has 0 saturated heterocycles. The van der Waals surface area contributed by atoms with Crippen LogP contribution in [0.2, 0.25) is 0 Å². The quantitative estimate of drug-likeness (QED) is 0.719. The van der Waals surface area contributed by atoms with Gasteiger partial charge in [0, 0.05) is 49.5 Å². The average Bonchev–Trinajstić information content (AvgIpc) is 3.07. The first-order valence-electron chi connectivity index (χ1n) is 8.32. The van der Waals surface area contributed by atoms with Crippen LogP contribution in [0.5, 0.6) is 0 Å². The Morgan fingerprint density at radius 1 is 1.27 bits per heavy atom. The van der Waals surface area contributed by atoms with Crippen LogP contribution in [0.15, 0.2) is 53.8 Å². The molecule has 0 radical (unpaired) electrons. The number of nitrogens with zero attached hydrogens (tertiary/aromatic N) is 5. The van der Waals surface area contributed by atoms with Gasteiger partial charge in [0.25, 0.3) is 5.56 Å². The molecule has 1 atom stereocenters. The first-order chi connectivity index (χ1) is 12.6. The third kappa shape index (κ3) is 3.85. The zero-order valence-corrected chi connectivity index (χ0v) is 14.7. The maximum absolute atomic E-state index is 12.4. The van der Waals surface area contributed by atoms with E-state index < -0.39 is 6.04 Å². The van der Waals surface area contributed by atoms with Crippen molar-refractivity contribution in [3.8, 4) is 11.3 Å². The smallest absolute Gasteiger partial charge is 0.267 e. The normalized spacial score (nSPS) is 11.9. The molecule has 0 saturated carbocycles. The third-order valence-corrected chi connectivity index (χ3v) is 4.10. The van der Waals surface area contributed by atoms with Gasteiger partial charge in [-0.15, -0.1) is 0 Å². The van der Waals surface area contributed by atoms with E-state index >= 15 is 0 Å². The monoisotopic (exact) mass is 352 g/mol. The van der Waals surface area contributed by atoms with Gasteiger partial charge in [-0.25, -0.2) is 9.67 Å². The van der Waals surface area contributed by atoms with Crippen molar-refractivity contribution in [3.05, 3.63) is 65.2 Å². The lowest BCUT2D eigenvalue weighted by molar-refractivity contribution is -0.124. The Morgan fingerprint density at radius 3 is 2.81 bits per heavy atom. The van der Waals surface area contributed by atoms with Gasteiger partial charge in [-0.3, -0.25) is 14.6 Å². The summed E-state index contributed by atoms with van der Waals surface area (Å²) in [5.41, 5.74) is 1.04. The number of pyridine rings is 1.